The minimum atomic E-state index is -0.245. The maximum absolute atomic E-state index is 12.8. The van der Waals surface area contributed by atoms with E-state index < -0.39 is 0 Å². The maximum atomic E-state index is 12.8. The minimum absolute atomic E-state index is 0.0161. The van der Waals surface area contributed by atoms with E-state index in [-0.39, 0.29) is 23.7 Å². The Morgan fingerprint density at radius 2 is 2.29 bits per heavy atom. The third kappa shape index (κ3) is 3.73. The van der Waals surface area contributed by atoms with Gasteiger partial charge >= 0.3 is 0 Å². The number of anilines is 1. The molecule has 1 aliphatic heterocycles. The van der Waals surface area contributed by atoms with Crippen molar-refractivity contribution in [2.75, 3.05) is 25.0 Å². The van der Waals surface area contributed by atoms with E-state index in [9.17, 15) is 14.9 Å². The Hall–Kier alpha value is -2.42. The zero-order chi connectivity index (χ0) is 17.7. The molecule has 2 atom stereocenters. The SMILES string of the molecule is CC[C@H](C)C(=O)N1CCC[C@@H](C(=O)N(C)c2ncccc2C#N)C1. The Bertz CT molecular complexity index is 653. The van der Waals surface area contributed by atoms with E-state index >= 15 is 0 Å². The minimum Gasteiger partial charge on any atom is -0.342 e. The maximum Gasteiger partial charge on any atom is 0.232 e. The van der Waals surface area contributed by atoms with Gasteiger partial charge in [-0.1, -0.05) is 13.8 Å². The van der Waals surface area contributed by atoms with Gasteiger partial charge in [-0.25, -0.2) is 4.98 Å². The summed E-state index contributed by atoms with van der Waals surface area (Å²) in [6.45, 7) is 5.07. The number of hydrogen-bond acceptors (Lipinski definition) is 4. The smallest absolute Gasteiger partial charge is 0.232 e. The number of amides is 2. The summed E-state index contributed by atoms with van der Waals surface area (Å²) < 4.78 is 0. The predicted octanol–water partition coefficient (Wildman–Crippen LogP) is 2.20. The van der Waals surface area contributed by atoms with Crippen LogP contribution in [0.15, 0.2) is 18.3 Å². The second-order valence-corrected chi connectivity index (χ2v) is 6.32. The number of pyridine rings is 1. The molecule has 0 saturated carbocycles. The van der Waals surface area contributed by atoms with Crippen LogP contribution in [0.4, 0.5) is 5.82 Å². The second-order valence-electron chi connectivity index (χ2n) is 6.32. The van der Waals surface area contributed by atoms with Gasteiger partial charge in [0, 0.05) is 32.3 Å². The number of likely N-dealkylation sites (tertiary alicyclic amines) is 1. The highest BCUT2D eigenvalue weighted by Gasteiger charge is 2.32. The highest BCUT2D eigenvalue weighted by molar-refractivity contribution is 5.95. The fourth-order valence-electron chi connectivity index (χ4n) is 2.99. The molecule has 6 heteroatoms. The van der Waals surface area contributed by atoms with E-state index in [0.717, 1.165) is 19.3 Å². The summed E-state index contributed by atoms with van der Waals surface area (Å²) in [7, 11) is 1.64. The first-order chi connectivity index (χ1) is 11.5. The van der Waals surface area contributed by atoms with Crippen LogP contribution in [-0.2, 0) is 9.59 Å². The molecular formula is C18H24N4O2. The van der Waals surface area contributed by atoms with Crippen molar-refractivity contribution in [1.29, 1.82) is 5.26 Å². The van der Waals surface area contributed by atoms with Crippen molar-refractivity contribution in [2.45, 2.75) is 33.1 Å². The summed E-state index contributed by atoms with van der Waals surface area (Å²) in [5.41, 5.74) is 0.372. The number of hydrogen-bond donors (Lipinski definition) is 0. The van der Waals surface area contributed by atoms with Gasteiger partial charge in [0.25, 0.3) is 0 Å². The lowest BCUT2D eigenvalue weighted by Gasteiger charge is -2.35. The second kappa shape index (κ2) is 7.91. The predicted molar refractivity (Wildman–Crippen MR) is 91.1 cm³/mol. The molecule has 0 unspecified atom stereocenters. The van der Waals surface area contributed by atoms with Crippen LogP contribution in [0.1, 0.15) is 38.7 Å². The van der Waals surface area contributed by atoms with Crippen molar-refractivity contribution < 1.29 is 9.59 Å². The van der Waals surface area contributed by atoms with Gasteiger partial charge in [0.15, 0.2) is 5.82 Å². The summed E-state index contributed by atoms with van der Waals surface area (Å²) in [4.78, 5) is 32.6. The fourth-order valence-corrected chi connectivity index (χ4v) is 2.99. The molecule has 0 aromatic carbocycles. The summed E-state index contributed by atoms with van der Waals surface area (Å²) in [6, 6.07) is 5.38. The lowest BCUT2D eigenvalue weighted by molar-refractivity contribution is -0.138. The Balaban J connectivity index is 2.11. The topological polar surface area (TPSA) is 77.3 Å². The van der Waals surface area contributed by atoms with E-state index in [0.29, 0.717) is 24.5 Å². The number of nitriles is 1. The third-order valence-electron chi connectivity index (χ3n) is 4.67. The monoisotopic (exact) mass is 328 g/mol. The van der Waals surface area contributed by atoms with Crippen molar-refractivity contribution in [3.8, 4) is 6.07 Å². The average Bonchev–Trinajstić information content (AvgIpc) is 2.65. The summed E-state index contributed by atoms with van der Waals surface area (Å²) in [6.07, 6.45) is 3.94. The number of carbonyl (C=O) groups is 2. The fraction of sp³-hybridized carbons (Fsp3) is 0.556. The van der Waals surface area contributed by atoms with Gasteiger partial charge in [0.1, 0.15) is 6.07 Å². The lowest BCUT2D eigenvalue weighted by atomic mass is 9.95. The molecule has 2 rings (SSSR count). The quantitative estimate of drug-likeness (QED) is 0.849. The molecule has 128 valence electrons. The van der Waals surface area contributed by atoms with E-state index in [1.807, 2.05) is 13.8 Å². The van der Waals surface area contributed by atoms with Crippen molar-refractivity contribution in [1.82, 2.24) is 9.88 Å². The van der Waals surface area contributed by atoms with Gasteiger partial charge in [0.05, 0.1) is 11.5 Å². The Morgan fingerprint density at radius 3 is 2.96 bits per heavy atom. The molecule has 0 bridgehead atoms. The molecule has 1 aromatic rings. The molecule has 0 aliphatic carbocycles. The zero-order valence-electron chi connectivity index (χ0n) is 14.5. The molecule has 0 spiro atoms. The zero-order valence-corrected chi connectivity index (χ0v) is 14.5. The molecule has 1 fully saturated rings. The van der Waals surface area contributed by atoms with Gasteiger partial charge < -0.3 is 4.90 Å². The van der Waals surface area contributed by atoms with Crippen molar-refractivity contribution in [2.24, 2.45) is 11.8 Å². The number of piperidine rings is 1. The molecular weight excluding hydrogens is 304 g/mol. The molecule has 2 heterocycles. The van der Waals surface area contributed by atoms with E-state index in [2.05, 4.69) is 11.1 Å². The average molecular weight is 328 g/mol. The number of nitrogens with zero attached hydrogens (tertiary/aromatic N) is 4. The van der Waals surface area contributed by atoms with Gasteiger partial charge in [-0.2, -0.15) is 5.26 Å². The van der Waals surface area contributed by atoms with Gasteiger partial charge in [-0.05, 0) is 31.4 Å². The highest BCUT2D eigenvalue weighted by Crippen LogP contribution is 2.24. The standard InChI is InChI=1S/C18H24N4O2/c1-4-13(2)17(23)22-10-6-8-15(12-22)18(24)21(3)16-14(11-19)7-5-9-20-16/h5,7,9,13,15H,4,6,8,10,12H2,1-3H3/t13-,15+/m0/s1. The largest absolute Gasteiger partial charge is 0.342 e. The van der Waals surface area contributed by atoms with Crippen LogP contribution in [0.3, 0.4) is 0 Å². The molecule has 1 aromatic heterocycles. The lowest BCUT2D eigenvalue weighted by Crippen LogP contribution is -2.47. The molecule has 0 N–H and O–H groups in total. The first-order valence-corrected chi connectivity index (χ1v) is 8.41. The van der Waals surface area contributed by atoms with Gasteiger partial charge in [-0.3, -0.25) is 14.5 Å². The van der Waals surface area contributed by atoms with Crippen molar-refractivity contribution >= 4 is 17.6 Å². The van der Waals surface area contributed by atoms with Crippen molar-refractivity contribution in [3.63, 3.8) is 0 Å². The van der Waals surface area contributed by atoms with Crippen LogP contribution < -0.4 is 4.90 Å². The molecule has 2 amide bonds. The van der Waals surface area contributed by atoms with E-state index in [4.69, 9.17) is 0 Å². The first-order valence-electron chi connectivity index (χ1n) is 8.41. The molecule has 1 saturated heterocycles. The van der Waals surface area contributed by atoms with Gasteiger partial charge in [-0.15, -0.1) is 0 Å². The van der Waals surface area contributed by atoms with Gasteiger partial charge in [0.2, 0.25) is 11.8 Å². The van der Waals surface area contributed by atoms with Crippen LogP contribution >= 0.6 is 0 Å². The number of rotatable bonds is 4. The Kier molecular flexibility index (Phi) is 5.91. The first kappa shape index (κ1) is 17.9. The summed E-state index contributed by atoms with van der Waals surface area (Å²) >= 11 is 0. The molecule has 6 nitrogen and oxygen atoms in total. The Morgan fingerprint density at radius 1 is 1.54 bits per heavy atom. The van der Waals surface area contributed by atoms with Crippen LogP contribution in [0, 0.1) is 23.2 Å². The van der Waals surface area contributed by atoms with Crippen LogP contribution in [-0.4, -0.2) is 41.8 Å². The normalized spacial score (nSPS) is 18.6. The van der Waals surface area contributed by atoms with E-state index in [1.165, 1.54) is 4.90 Å². The number of carbonyl (C=O) groups excluding carboxylic acids is 2. The highest BCUT2D eigenvalue weighted by atomic mass is 16.2. The van der Waals surface area contributed by atoms with Crippen LogP contribution in [0.5, 0.6) is 0 Å². The summed E-state index contributed by atoms with van der Waals surface area (Å²) in [5.74, 6) is 0.137. The Labute approximate surface area is 143 Å². The molecule has 0 radical (unpaired) electrons. The van der Waals surface area contributed by atoms with Crippen molar-refractivity contribution in [3.05, 3.63) is 23.9 Å². The third-order valence-corrected chi connectivity index (χ3v) is 4.67. The summed E-state index contributed by atoms with van der Waals surface area (Å²) in [5, 5.41) is 9.18. The molecule has 1 aliphatic rings. The molecule has 24 heavy (non-hydrogen) atoms. The van der Waals surface area contributed by atoms with Crippen LogP contribution in [0.2, 0.25) is 0 Å². The van der Waals surface area contributed by atoms with Crippen LogP contribution in [0.25, 0.3) is 0 Å². The number of aromatic nitrogens is 1. The van der Waals surface area contributed by atoms with E-state index in [1.54, 1.807) is 30.3 Å².